The minimum atomic E-state index is 0.566. The van der Waals surface area contributed by atoms with Gasteiger partial charge >= 0.3 is 0 Å². The number of nitrogens with zero attached hydrogens (tertiary/aromatic N) is 1. The lowest BCUT2D eigenvalue weighted by Crippen LogP contribution is -2.54. The molecular weight excluding hydrogens is 228 g/mol. The minimum Gasteiger partial charge on any atom is -0.311 e. The van der Waals surface area contributed by atoms with Gasteiger partial charge in [0.15, 0.2) is 0 Å². The Morgan fingerprint density at radius 1 is 1.60 bits per heavy atom. The van der Waals surface area contributed by atoms with Gasteiger partial charge in [-0.2, -0.15) is 0 Å². The first kappa shape index (κ1) is 11.4. The van der Waals surface area contributed by atoms with E-state index in [-0.39, 0.29) is 0 Å². The Bertz CT molecular complexity index is 326. The molecule has 0 amide bonds. The first-order chi connectivity index (χ1) is 7.18. The average molecular weight is 245 g/mol. The first-order valence-corrected chi connectivity index (χ1v) is 6.63. The van der Waals surface area contributed by atoms with Crippen LogP contribution in [0.1, 0.15) is 19.4 Å². The van der Waals surface area contributed by atoms with Crippen LogP contribution in [0.3, 0.4) is 0 Å². The van der Waals surface area contributed by atoms with Crippen molar-refractivity contribution in [3.63, 3.8) is 0 Å². The molecule has 84 valence electrons. The number of thiophene rings is 1. The molecule has 2 nitrogen and oxygen atoms in total. The van der Waals surface area contributed by atoms with Gasteiger partial charge in [-0.25, -0.2) is 0 Å². The van der Waals surface area contributed by atoms with Gasteiger partial charge in [-0.05, 0) is 30.9 Å². The lowest BCUT2D eigenvalue weighted by atomic mass is 10.1. The zero-order valence-corrected chi connectivity index (χ0v) is 10.7. The zero-order chi connectivity index (χ0) is 10.8. The summed E-state index contributed by atoms with van der Waals surface area (Å²) >= 11 is 7.74. The van der Waals surface area contributed by atoms with Crippen molar-refractivity contribution in [1.82, 2.24) is 10.2 Å². The molecule has 2 heterocycles. The highest BCUT2D eigenvalue weighted by atomic mass is 35.5. The fourth-order valence-electron chi connectivity index (χ4n) is 2.00. The molecule has 4 heteroatoms. The van der Waals surface area contributed by atoms with Crippen LogP contribution in [0.4, 0.5) is 0 Å². The Labute approximate surface area is 100 Å². The molecule has 0 saturated carbocycles. The van der Waals surface area contributed by atoms with Crippen LogP contribution in [-0.2, 0) is 6.54 Å². The Kier molecular flexibility index (Phi) is 3.67. The number of nitrogens with one attached hydrogen (secondary N) is 1. The SMILES string of the molecule is CC1NCCN(Cc2ccsc2Cl)C1C. The molecule has 1 saturated heterocycles. The molecule has 0 bridgehead atoms. The van der Waals surface area contributed by atoms with Crippen molar-refractivity contribution in [3.05, 3.63) is 21.3 Å². The van der Waals surface area contributed by atoms with E-state index in [1.54, 1.807) is 11.3 Å². The molecule has 15 heavy (non-hydrogen) atoms. The van der Waals surface area contributed by atoms with Crippen molar-refractivity contribution in [2.24, 2.45) is 0 Å². The number of rotatable bonds is 2. The molecule has 2 unspecified atom stereocenters. The molecule has 1 aromatic rings. The molecule has 1 aliphatic heterocycles. The van der Waals surface area contributed by atoms with Gasteiger partial charge in [-0.15, -0.1) is 11.3 Å². The first-order valence-electron chi connectivity index (χ1n) is 5.38. The van der Waals surface area contributed by atoms with E-state index in [2.05, 4.69) is 35.5 Å². The van der Waals surface area contributed by atoms with Gasteiger partial charge in [-0.1, -0.05) is 11.6 Å². The molecule has 1 aliphatic rings. The summed E-state index contributed by atoms with van der Waals surface area (Å²) in [4.78, 5) is 2.50. The maximum absolute atomic E-state index is 6.12. The van der Waals surface area contributed by atoms with Crippen molar-refractivity contribution in [3.8, 4) is 0 Å². The molecule has 0 aliphatic carbocycles. The summed E-state index contributed by atoms with van der Waals surface area (Å²) in [5.74, 6) is 0. The third kappa shape index (κ3) is 2.53. The van der Waals surface area contributed by atoms with Crippen LogP contribution < -0.4 is 5.32 Å². The van der Waals surface area contributed by atoms with E-state index in [1.165, 1.54) is 5.56 Å². The molecular formula is C11H17ClN2S. The van der Waals surface area contributed by atoms with Crippen LogP contribution in [-0.4, -0.2) is 30.1 Å². The van der Waals surface area contributed by atoms with E-state index in [1.807, 2.05) is 0 Å². The van der Waals surface area contributed by atoms with Crippen LogP contribution in [0, 0.1) is 0 Å². The highest BCUT2D eigenvalue weighted by Crippen LogP contribution is 2.25. The predicted octanol–water partition coefficient (Wildman–Crippen LogP) is 2.58. The van der Waals surface area contributed by atoms with Crippen LogP contribution in [0.25, 0.3) is 0 Å². The van der Waals surface area contributed by atoms with Crippen molar-refractivity contribution in [2.45, 2.75) is 32.5 Å². The van der Waals surface area contributed by atoms with Gasteiger partial charge in [0.25, 0.3) is 0 Å². The highest BCUT2D eigenvalue weighted by Gasteiger charge is 2.24. The van der Waals surface area contributed by atoms with E-state index in [0.29, 0.717) is 12.1 Å². The second-order valence-electron chi connectivity index (χ2n) is 4.17. The summed E-state index contributed by atoms with van der Waals surface area (Å²) < 4.78 is 0.938. The largest absolute Gasteiger partial charge is 0.311 e. The van der Waals surface area contributed by atoms with Crippen LogP contribution >= 0.6 is 22.9 Å². The maximum atomic E-state index is 6.12. The monoisotopic (exact) mass is 244 g/mol. The van der Waals surface area contributed by atoms with Gasteiger partial charge in [0.05, 0.1) is 4.34 Å². The lowest BCUT2D eigenvalue weighted by Gasteiger charge is -2.38. The number of hydrogen-bond acceptors (Lipinski definition) is 3. The number of hydrogen-bond donors (Lipinski definition) is 1. The number of halogens is 1. The summed E-state index contributed by atoms with van der Waals surface area (Å²) in [7, 11) is 0. The smallest absolute Gasteiger partial charge is 0.0973 e. The molecule has 0 spiro atoms. The minimum absolute atomic E-state index is 0.566. The third-order valence-corrected chi connectivity index (χ3v) is 4.48. The van der Waals surface area contributed by atoms with Crippen molar-refractivity contribution >= 4 is 22.9 Å². The van der Waals surface area contributed by atoms with Gasteiger partial charge in [0.2, 0.25) is 0 Å². The van der Waals surface area contributed by atoms with Crippen molar-refractivity contribution in [2.75, 3.05) is 13.1 Å². The second kappa shape index (κ2) is 4.83. The van der Waals surface area contributed by atoms with E-state index in [0.717, 1.165) is 24.0 Å². The maximum Gasteiger partial charge on any atom is 0.0973 e. The molecule has 1 fully saturated rings. The Morgan fingerprint density at radius 2 is 2.40 bits per heavy atom. The van der Waals surface area contributed by atoms with Crippen LogP contribution in [0.15, 0.2) is 11.4 Å². The second-order valence-corrected chi connectivity index (χ2v) is 5.69. The Hall–Kier alpha value is -0.0900. The van der Waals surface area contributed by atoms with Gasteiger partial charge in [0, 0.05) is 31.7 Å². The molecule has 1 aromatic heterocycles. The van der Waals surface area contributed by atoms with Crippen LogP contribution in [0.2, 0.25) is 4.34 Å². The summed E-state index contributed by atoms with van der Waals surface area (Å²) in [6, 6.07) is 3.28. The van der Waals surface area contributed by atoms with Crippen molar-refractivity contribution in [1.29, 1.82) is 0 Å². The van der Waals surface area contributed by atoms with E-state index in [4.69, 9.17) is 11.6 Å². The summed E-state index contributed by atoms with van der Waals surface area (Å²) in [6.07, 6.45) is 0. The Balaban J connectivity index is 2.02. The summed E-state index contributed by atoms with van der Waals surface area (Å²) in [5, 5.41) is 5.55. The fourth-order valence-corrected chi connectivity index (χ4v) is 2.91. The normalized spacial score (nSPS) is 28.2. The van der Waals surface area contributed by atoms with E-state index < -0.39 is 0 Å². The van der Waals surface area contributed by atoms with Gasteiger partial charge < -0.3 is 5.32 Å². The lowest BCUT2D eigenvalue weighted by molar-refractivity contribution is 0.131. The average Bonchev–Trinajstić information content (AvgIpc) is 2.60. The molecule has 0 aromatic carbocycles. The zero-order valence-electron chi connectivity index (χ0n) is 9.16. The molecule has 1 N–H and O–H groups in total. The van der Waals surface area contributed by atoms with E-state index >= 15 is 0 Å². The fraction of sp³-hybridized carbons (Fsp3) is 0.636. The van der Waals surface area contributed by atoms with Gasteiger partial charge in [0.1, 0.15) is 0 Å². The molecule has 0 radical (unpaired) electrons. The van der Waals surface area contributed by atoms with Gasteiger partial charge in [-0.3, -0.25) is 4.90 Å². The van der Waals surface area contributed by atoms with Crippen LogP contribution in [0.5, 0.6) is 0 Å². The predicted molar refractivity (Wildman–Crippen MR) is 66.7 cm³/mol. The topological polar surface area (TPSA) is 15.3 Å². The standard InChI is InChI=1S/C11H17ClN2S/c1-8-9(2)14(5-4-13-8)7-10-3-6-15-11(10)12/h3,6,8-9,13H,4-5,7H2,1-2H3. The quantitative estimate of drug-likeness (QED) is 0.861. The Morgan fingerprint density at radius 3 is 3.07 bits per heavy atom. The third-order valence-electron chi connectivity index (χ3n) is 3.23. The summed E-state index contributed by atoms with van der Waals surface area (Å²) in [6.45, 7) is 7.68. The number of piperazine rings is 1. The summed E-state index contributed by atoms with van der Waals surface area (Å²) in [5.41, 5.74) is 1.27. The van der Waals surface area contributed by atoms with Crippen molar-refractivity contribution < 1.29 is 0 Å². The van der Waals surface area contributed by atoms with E-state index in [9.17, 15) is 0 Å². The highest BCUT2D eigenvalue weighted by molar-refractivity contribution is 7.14. The molecule has 2 rings (SSSR count). The molecule has 2 atom stereocenters.